The quantitative estimate of drug-likeness (QED) is 0.238. The number of aromatic carboxylic acids is 1. The van der Waals surface area contributed by atoms with E-state index in [2.05, 4.69) is 10.2 Å². The van der Waals surface area contributed by atoms with Crippen LogP contribution in [0.5, 0.6) is 5.75 Å². The van der Waals surface area contributed by atoms with Gasteiger partial charge in [-0.3, -0.25) is 5.10 Å². The zero-order valence-corrected chi connectivity index (χ0v) is 20.5. The number of fused-ring (bicyclic) bond motifs is 2. The summed E-state index contributed by atoms with van der Waals surface area (Å²) in [5.74, 6) is -4.67. The van der Waals surface area contributed by atoms with Gasteiger partial charge < -0.3 is 24.3 Å². The maximum atomic E-state index is 16.9. The molecule has 1 aliphatic rings. The van der Waals surface area contributed by atoms with Crippen LogP contribution in [0.1, 0.15) is 58.0 Å². The molecule has 0 aliphatic heterocycles. The summed E-state index contributed by atoms with van der Waals surface area (Å²) in [5, 5.41) is 28.4. The van der Waals surface area contributed by atoms with Crippen LogP contribution in [0.15, 0.2) is 54.7 Å². The van der Waals surface area contributed by atoms with Gasteiger partial charge in [0.15, 0.2) is 17.4 Å². The summed E-state index contributed by atoms with van der Waals surface area (Å²) in [4.78, 5) is 11.8. The third kappa shape index (κ3) is 3.86. The van der Waals surface area contributed by atoms with Gasteiger partial charge >= 0.3 is 5.97 Å². The van der Waals surface area contributed by atoms with E-state index < -0.39 is 89.9 Å². The second-order valence-electron chi connectivity index (χ2n) is 8.82. The molecular formula is C30H27F2N3O5. The van der Waals surface area contributed by atoms with Crippen molar-refractivity contribution in [2.24, 2.45) is 0 Å². The van der Waals surface area contributed by atoms with Crippen LogP contribution >= 0.6 is 0 Å². The van der Waals surface area contributed by atoms with Crippen LogP contribution in [0.2, 0.25) is 0 Å². The lowest BCUT2D eigenvalue weighted by Gasteiger charge is -2.40. The largest absolute Gasteiger partial charge is 0.494 e. The van der Waals surface area contributed by atoms with Crippen LogP contribution in [-0.4, -0.2) is 51.2 Å². The standard InChI is InChI=1S/C30H27F2N3O5/c1-39-22-14-19(10-11-20(22)31)35-21-13-18-15-33-34-27(18)26(32)25(21)24(16-6-8-17(9-7-16)29(36)37)28(35)30(38)12-4-3-5-23(30)40-2/h6-11,13-15,23,38H,3-5,12H2,1-2H3,(H,33,34)(H,36,37)/t23-,30+/m0/s1/i1D3,3D2,4D2,5D2,12D2,23D. The molecule has 1 fully saturated rings. The van der Waals surface area contributed by atoms with Gasteiger partial charge in [0, 0.05) is 46.2 Å². The molecule has 1 saturated carbocycles. The number of rotatable bonds is 6. The van der Waals surface area contributed by atoms with Crippen molar-refractivity contribution >= 4 is 27.8 Å². The number of benzene rings is 3. The Hall–Kier alpha value is -4.28. The molecule has 2 aromatic heterocycles. The van der Waals surface area contributed by atoms with Crippen molar-refractivity contribution in [1.29, 1.82) is 0 Å². The second-order valence-corrected chi connectivity index (χ2v) is 8.82. The van der Waals surface area contributed by atoms with Crippen LogP contribution in [0.3, 0.4) is 0 Å². The zero-order chi connectivity index (χ0) is 38.8. The molecule has 0 spiro atoms. The van der Waals surface area contributed by atoms with Gasteiger partial charge in [0.05, 0.1) is 41.6 Å². The van der Waals surface area contributed by atoms with Crippen LogP contribution in [0, 0.1) is 11.6 Å². The summed E-state index contributed by atoms with van der Waals surface area (Å²) in [5.41, 5.74) is -7.16. The number of H-pyrrole nitrogens is 1. The fraction of sp³-hybridized carbons (Fsp3) is 0.267. The molecule has 2 heterocycles. The Morgan fingerprint density at radius 2 is 2.05 bits per heavy atom. The number of carboxylic acids is 1. The molecule has 206 valence electrons. The first-order chi connectivity index (χ1) is 23.8. The smallest absolute Gasteiger partial charge is 0.335 e. The van der Waals surface area contributed by atoms with Gasteiger partial charge in [0.25, 0.3) is 0 Å². The number of halogens is 2. The minimum atomic E-state index is -4.08. The highest BCUT2D eigenvalue weighted by molar-refractivity contribution is 6.06. The SMILES string of the molecule is [2H]C([2H])([2H])Oc1cc(-n2c([C@@]3(O)C([2H])([2H])C([2H])([2H])C([2H])([2H])C([2H])([2H])[C@]3([2H])OC)c(-c3ccc(C(=O)O)cc3)c3c(F)c4[nH]ncc4cc32)ccc1F. The number of ether oxygens (including phenoxy) is 2. The molecule has 8 nitrogen and oxygen atoms in total. The lowest BCUT2D eigenvalue weighted by atomic mass is 9.77. The van der Waals surface area contributed by atoms with Gasteiger partial charge in [0.2, 0.25) is 0 Å². The summed E-state index contributed by atoms with van der Waals surface area (Å²) in [6, 6.07) is 8.01. The minimum absolute atomic E-state index is 0.0497. The van der Waals surface area contributed by atoms with Crippen LogP contribution < -0.4 is 4.74 Å². The molecule has 0 amide bonds. The van der Waals surface area contributed by atoms with Crippen molar-refractivity contribution < 1.29 is 49.7 Å². The van der Waals surface area contributed by atoms with E-state index in [4.69, 9.17) is 24.6 Å². The van der Waals surface area contributed by atoms with E-state index in [1.807, 2.05) is 0 Å². The van der Waals surface area contributed by atoms with Crippen molar-refractivity contribution in [2.75, 3.05) is 14.1 Å². The van der Waals surface area contributed by atoms with E-state index in [0.717, 1.165) is 41.0 Å². The topological polar surface area (TPSA) is 110 Å². The Labute approximate surface area is 244 Å². The summed E-state index contributed by atoms with van der Waals surface area (Å²) in [6.45, 7) is 0. The lowest BCUT2D eigenvalue weighted by molar-refractivity contribution is -0.125. The molecule has 40 heavy (non-hydrogen) atoms. The van der Waals surface area contributed by atoms with Crippen LogP contribution in [-0.2, 0) is 10.3 Å². The Bertz CT molecular complexity index is 2280. The van der Waals surface area contributed by atoms with Gasteiger partial charge in [-0.25, -0.2) is 13.6 Å². The predicted molar refractivity (Wildman–Crippen MR) is 145 cm³/mol. The maximum absolute atomic E-state index is 16.9. The molecular weight excluding hydrogens is 520 g/mol. The van der Waals surface area contributed by atoms with Crippen LogP contribution in [0.4, 0.5) is 8.78 Å². The summed E-state index contributed by atoms with van der Waals surface area (Å²) >= 11 is 0. The number of methoxy groups -OCH3 is 2. The number of carboxylic acid groups (broad SMARTS) is 1. The zero-order valence-electron chi connectivity index (χ0n) is 32.5. The van der Waals surface area contributed by atoms with Crippen molar-refractivity contribution in [2.45, 2.75) is 37.2 Å². The highest BCUT2D eigenvalue weighted by Crippen LogP contribution is 2.49. The molecule has 2 atom stereocenters. The van der Waals surface area contributed by atoms with Gasteiger partial charge in [-0.1, -0.05) is 18.5 Å². The van der Waals surface area contributed by atoms with E-state index in [9.17, 15) is 16.4 Å². The molecule has 5 aromatic rings. The van der Waals surface area contributed by atoms with E-state index >= 15 is 8.78 Å². The van der Waals surface area contributed by atoms with Crippen LogP contribution in [0.25, 0.3) is 38.6 Å². The number of hydrogen-bond donors (Lipinski definition) is 3. The third-order valence-corrected chi connectivity index (χ3v) is 6.67. The van der Waals surface area contributed by atoms with Crippen molar-refractivity contribution in [3.05, 3.63) is 77.6 Å². The second kappa shape index (κ2) is 9.72. The number of aromatic nitrogens is 3. The van der Waals surface area contributed by atoms with Gasteiger partial charge in [-0.2, -0.15) is 5.10 Å². The fourth-order valence-electron chi connectivity index (χ4n) is 4.91. The van der Waals surface area contributed by atoms with Crippen molar-refractivity contribution in [3.8, 4) is 22.6 Å². The Balaban J connectivity index is 1.93. The summed E-state index contributed by atoms with van der Waals surface area (Å²) in [7, 11) is -2.58. The van der Waals surface area contributed by atoms with Gasteiger partial charge in [0.1, 0.15) is 11.1 Å². The first-order valence-corrected chi connectivity index (χ1v) is 11.6. The average molecular weight is 560 g/mol. The monoisotopic (exact) mass is 559 g/mol. The van der Waals surface area contributed by atoms with E-state index in [1.54, 1.807) is 0 Å². The molecule has 0 bridgehead atoms. The van der Waals surface area contributed by atoms with E-state index in [0.29, 0.717) is 13.2 Å². The molecule has 6 rings (SSSR count). The molecule has 10 heteroatoms. The Morgan fingerprint density at radius 3 is 2.77 bits per heavy atom. The number of hydrogen-bond acceptors (Lipinski definition) is 5. The number of aliphatic hydroxyl groups is 1. The normalized spacial score (nSPS) is 31.0. The van der Waals surface area contributed by atoms with E-state index in [-0.39, 0.29) is 27.5 Å². The highest BCUT2D eigenvalue weighted by atomic mass is 19.1. The molecule has 0 radical (unpaired) electrons. The summed E-state index contributed by atoms with van der Waals surface area (Å²) < 4.78 is 145. The fourth-order valence-corrected chi connectivity index (χ4v) is 4.91. The van der Waals surface area contributed by atoms with Crippen molar-refractivity contribution in [1.82, 2.24) is 14.8 Å². The van der Waals surface area contributed by atoms with Gasteiger partial charge in [-0.05, 0) is 55.0 Å². The Kier molecular flexibility index (Phi) is 3.77. The number of nitrogens with one attached hydrogen (secondary N) is 1. The minimum Gasteiger partial charge on any atom is -0.494 e. The van der Waals surface area contributed by atoms with E-state index in [1.165, 1.54) is 12.3 Å². The predicted octanol–water partition coefficient (Wildman–Crippen LogP) is 5.94. The average Bonchev–Trinajstić information content (AvgIpc) is 3.67. The maximum Gasteiger partial charge on any atom is 0.335 e. The number of nitrogens with zero attached hydrogens (tertiary/aromatic N) is 2. The number of carbonyl (C=O) groups is 1. The third-order valence-electron chi connectivity index (χ3n) is 6.67. The molecule has 3 N–H and O–H groups in total. The first-order valence-electron chi connectivity index (χ1n) is 17.6. The first kappa shape index (κ1) is 15.5. The summed E-state index contributed by atoms with van der Waals surface area (Å²) in [6.07, 6.45) is -18.6. The van der Waals surface area contributed by atoms with Crippen molar-refractivity contribution in [3.63, 3.8) is 0 Å². The lowest BCUT2D eigenvalue weighted by Crippen LogP contribution is -2.45. The molecule has 1 aliphatic carbocycles. The Morgan fingerprint density at radius 1 is 1.25 bits per heavy atom. The van der Waals surface area contributed by atoms with Gasteiger partial charge in [-0.15, -0.1) is 0 Å². The molecule has 0 unspecified atom stereocenters. The molecule has 3 aromatic carbocycles. The molecule has 0 saturated heterocycles. The number of aromatic amines is 1. The highest BCUT2D eigenvalue weighted by Gasteiger charge is 2.46.